The first-order valence-electron chi connectivity index (χ1n) is 6.20. The number of hydrogen-bond acceptors (Lipinski definition) is 4. The predicted molar refractivity (Wildman–Crippen MR) is 95.9 cm³/mol. The number of halogens is 1. The van der Waals surface area contributed by atoms with Crippen LogP contribution in [0.1, 0.15) is 18.4 Å². The van der Waals surface area contributed by atoms with Crippen molar-refractivity contribution < 1.29 is 14.7 Å². The van der Waals surface area contributed by atoms with Crippen LogP contribution in [0.5, 0.6) is 0 Å². The zero-order chi connectivity index (χ0) is 15.4. The fraction of sp³-hybridized carbons (Fsp3) is 0.214. The van der Waals surface area contributed by atoms with E-state index in [1.807, 2.05) is 30.3 Å². The Hall–Kier alpha value is -0.930. The highest BCUT2D eigenvalue weighted by Gasteiger charge is 2.31. The van der Waals surface area contributed by atoms with Gasteiger partial charge in [-0.15, -0.1) is 0 Å². The molecule has 1 saturated heterocycles. The molecule has 1 heterocycles. The minimum absolute atomic E-state index is 0.0350. The number of carboxylic acid groups (broad SMARTS) is 1. The zero-order valence-electron chi connectivity index (χ0n) is 10.9. The molecular weight excluding hydrogens is 421 g/mol. The van der Waals surface area contributed by atoms with Crippen LogP contribution in [0.4, 0.5) is 0 Å². The summed E-state index contributed by atoms with van der Waals surface area (Å²) < 4.78 is 1.62. The number of thioether (sulfide) groups is 1. The van der Waals surface area contributed by atoms with E-state index in [4.69, 9.17) is 17.3 Å². The van der Waals surface area contributed by atoms with E-state index in [1.54, 1.807) is 0 Å². The van der Waals surface area contributed by atoms with Gasteiger partial charge in [0.25, 0.3) is 5.91 Å². The van der Waals surface area contributed by atoms with Gasteiger partial charge in [-0.25, -0.2) is 0 Å². The van der Waals surface area contributed by atoms with Crippen LogP contribution in [0, 0.1) is 3.57 Å². The van der Waals surface area contributed by atoms with Crippen LogP contribution in [0.25, 0.3) is 6.08 Å². The average molecular weight is 433 g/mol. The number of nitrogens with zero attached hydrogens (tertiary/aromatic N) is 1. The minimum atomic E-state index is -0.866. The van der Waals surface area contributed by atoms with Gasteiger partial charge in [0.05, 0.1) is 4.91 Å². The molecule has 2 rings (SSSR count). The van der Waals surface area contributed by atoms with E-state index in [1.165, 1.54) is 16.7 Å². The highest BCUT2D eigenvalue weighted by Crippen LogP contribution is 2.32. The Labute approximate surface area is 145 Å². The van der Waals surface area contributed by atoms with Gasteiger partial charge in [-0.1, -0.05) is 36.1 Å². The number of hydrogen-bond donors (Lipinski definition) is 1. The van der Waals surface area contributed by atoms with Crippen molar-refractivity contribution in [3.63, 3.8) is 0 Å². The SMILES string of the molecule is O=C(O)CCCN1C(=O)C(=Cc2ccc(I)cc2)SC1=S. The Kier molecular flexibility index (Phi) is 5.77. The van der Waals surface area contributed by atoms with Crippen molar-refractivity contribution in [1.29, 1.82) is 0 Å². The molecule has 1 aromatic rings. The lowest BCUT2D eigenvalue weighted by Gasteiger charge is -2.13. The Morgan fingerprint density at radius 1 is 1.38 bits per heavy atom. The van der Waals surface area contributed by atoms with Crippen LogP contribution < -0.4 is 0 Å². The molecule has 0 atom stereocenters. The van der Waals surface area contributed by atoms with Gasteiger partial charge >= 0.3 is 5.97 Å². The molecule has 0 aliphatic carbocycles. The molecule has 110 valence electrons. The van der Waals surface area contributed by atoms with Gasteiger partial charge < -0.3 is 5.11 Å². The van der Waals surface area contributed by atoms with Gasteiger partial charge in [0, 0.05) is 16.5 Å². The largest absolute Gasteiger partial charge is 0.481 e. The first kappa shape index (κ1) is 16.4. The maximum absolute atomic E-state index is 12.3. The summed E-state index contributed by atoms with van der Waals surface area (Å²) in [5.41, 5.74) is 0.946. The number of rotatable bonds is 5. The molecule has 1 fully saturated rings. The molecule has 4 nitrogen and oxygen atoms in total. The van der Waals surface area contributed by atoms with Crippen LogP contribution in [0.2, 0.25) is 0 Å². The first-order chi connectivity index (χ1) is 9.97. The molecule has 0 bridgehead atoms. The molecule has 21 heavy (non-hydrogen) atoms. The highest BCUT2D eigenvalue weighted by atomic mass is 127. The first-order valence-corrected chi connectivity index (χ1v) is 8.50. The third-order valence-corrected chi connectivity index (χ3v) is 4.91. The number of thiocarbonyl (C=S) groups is 1. The molecule has 0 spiro atoms. The fourth-order valence-electron chi connectivity index (χ4n) is 1.79. The Morgan fingerprint density at radius 2 is 2.05 bits per heavy atom. The second-order valence-corrected chi connectivity index (χ2v) is 7.30. The van der Waals surface area contributed by atoms with Crippen molar-refractivity contribution in [3.8, 4) is 0 Å². The Bertz CT molecular complexity index is 613. The van der Waals surface area contributed by atoms with Crippen molar-refractivity contribution in [3.05, 3.63) is 38.3 Å². The molecule has 7 heteroatoms. The highest BCUT2D eigenvalue weighted by molar-refractivity contribution is 14.1. The number of carbonyl (C=O) groups excluding carboxylic acids is 1. The minimum Gasteiger partial charge on any atom is -0.481 e. The summed E-state index contributed by atoms with van der Waals surface area (Å²) in [6, 6.07) is 7.83. The average Bonchev–Trinajstić information content (AvgIpc) is 2.68. The lowest BCUT2D eigenvalue weighted by atomic mass is 10.2. The molecule has 0 radical (unpaired) electrons. The van der Waals surface area contributed by atoms with Crippen LogP contribution in [0.3, 0.4) is 0 Å². The monoisotopic (exact) mass is 433 g/mol. The van der Waals surface area contributed by atoms with E-state index in [0.29, 0.717) is 22.2 Å². The topological polar surface area (TPSA) is 57.6 Å². The van der Waals surface area contributed by atoms with E-state index in [-0.39, 0.29) is 12.3 Å². The summed E-state index contributed by atoms with van der Waals surface area (Å²) in [4.78, 5) is 24.8. The van der Waals surface area contributed by atoms with E-state index in [0.717, 1.165) is 9.13 Å². The maximum Gasteiger partial charge on any atom is 0.303 e. The number of carboxylic acids is 1. The van der Waals surface area contributed by atoms with Crippen molar-refractivity contribution >= 4 is 68.8 Å². The third-order valence-electron chi connectivity index (χ3n) is 2.81. The maximum atomic E-state index is 12.3. The molecule has 1 aliphatic heterocycles. The molecule has 1 aromatic carbocycles. The predicted octanol–water partition coefficient (Wildman–Crippen LogP) is 3.36. The van der Waals surface area contributed by atoms with Crippen LogP contribution in [-0.4, -0.2) is 32.7 Å². The van der Waals surface area contributed by atoms with Crippen molar-refractivity contribution in [2.45, 2.75) is 12.8 Å². The van der Waals surface area contributed by atoms with Gasteiger partial charge in [-0.05, 0) is 52.8 Å². The van der Waals surface area contributed by atoms with Crippen LogP contribution in [-0.2, 0) is 9.59 Å². The number of carbonyl (C=O) groups is 2. The van der Waals surface area contributed by atoms with E-state index >= 15 is 0 Å². The van der Waals surface area contributed by atoms with Crippen LogP contribution in [0.15, 0.2) is 29.2 Å². The molecule has 0 saturated carbocycles. The lowest BCUT2D eigenvalue weighted by molar-refractivity contribution is -0.137. The van der Waals surface area contributed by atoms with Gasteiger partial charge in [0.2, 0.25) is 0 Å². The molecule has 1 aliphatic rings. The van der Waals surface area contributed by atoms with Gasteiger partial charge in [-0.2, -0.15) is 0 Å². The van der Waals surface area contributed by atoms with Gasteiger partial charge in [0.15, 0.2) is 0 Å². The summed E-state index contributed by atoms with van der Waals surface area (Å²) in [5, 5.41) is 8.63. The molecule has 1 N–H and O–H groups in total. The van der Waals surface area contributed by atoms with Gasteiger partial charge in [0.1, 0.15) is 4.32 Å². The number of benzene rings is 1. The summed E-state index contributed by atoms with van der Waals surface area (Å²) in [6.07, 6.45) is 2.25. The lowest BCUT2D eigenvalue weighted by Crippen LogP contribution is -2.29. The summed E-state index contributed by atoms with van der Waals surface area (Å²) in [5.74, 6) is -1.01. The smallest absolute Gasteiger partial charge is 0.303 e. The summed E-state index contributed by atoms with van der Waals surface area (Å²) >= 11 is 8.67. The third kappa shape index (κ3) is 4.52. The second kappa shape index (κ2) is 7.37. The standard InChI is InChI=1S/C14H12INO3S2/c15-10-5-3-9(4-6-10)8-11-13(19)16(14(20)21-11)7-1-2-12(17)18/h3-6,8H,1-2,7H2,(H,17,18). The second-order valence-electron chi connectivity index (χ2n) is 4.38. The van der Waals surface area contributed by atoms with Crippen molar-refractivity contribution in [1.82, 2.24) is 4.90 Å². The summed E-state index contributed by atoms with van der Waals surface area (Å²) in [6.45, 7) is 0.348. The van der Waals surface area contributed by atoms with E-state index < -0.39 is 5.97 Å². The van der Waals surface area contributed by atoms with Crippen molar-refractivity contribution in [2.75, 3.05) is 6.54 Å². The van der Waals surface area contributed by atoms with Gasteiger partial charge in [-0.3, -0.25) is 14.5 Å². The Morgan fingerprint density at radius 3 is 2.67 bits per heavy atom. The molecule has 0 aromatic heterocycles. The zero-order valence-corrected chi connectivity index (χ0v) is 14.7. The Balaban J connectivity index is 2.06. The summed E-state index contributed by atoms with van der Waals surface area (Å²) in [7, 11) is 0. The van der Waals surface area contributed by atoms with Crippen LogP contribution >= 0.6 is 46.6 Å². The normalized spacial score (nSPS) is 16.8. The fourth-order valence-corrected chi connectivity index (χ4v) is 3.46. The molecular formula is C14H12INO3S2. The number of amides is 1. The van der Waals surface area contributed by atoms with Crippen molar-refractivity contribution in [2.24, 2.45) is 0 Å². The van der Waals surface area contributed by atoms with E-state index in [9.17, 15) is 9.59 Å². The number of aliphatic carboxylic acids is 1. The molecule has 1 amide bonds. The quantitative estimate of drug-likeness (QED) is 0.439. The van der Waals surface area contributed by atoms with E-state index in [2.05, 4.69) is 22.6 Å². The molecule has 0 unspecified atom stereocenters.